The Morgan fingerprint density at radius 3 is 2.79 bits per heavy atom. The third-order valence-corrected chi connectivity index (χ3v) is 7.37. The Morgan fingerprint density at radius 1 is 1.26 bits per heavy atom. The molecule has 1 saturated heterocycles. The molecule has 1 fully saturated rings. The van der Waals surface area contributed by atoms with E-state index in [0.717, 1.165) is 12.8 Å². The van der Waals surface area contributed by atoms with Crippen molar-refractivity contribution in [1.82, 2.24) is 34.2 Å². The molecule has 1 aliphatic rings. The van der Waals surface area contributed by atoms with Crippen LogP contribution in [0, 0.1) is 0 Å². The van der Waals surface area contributed by atoms with Crippen LogP contribution >= 0.6 is 11.6 Å². The maximum absolute atomic E-state index is 13.3. The molecule has 0 radical (unpaired) electrons. The number of alkyl halides is 2. The molecular formula is C27H29ClF2N8O4. The molecule has 5 rings (SSSR count). The van der Waals surface area contributed by atoms with Gasteiger partial charge in [-0.25, -0.2) is 9.50 Å². The molecule has 0 bridgehead atoms. The fourth-order valence-electron chi connectivity index (χ4n) is 4.99. The largest absolute Gasteiger partial charge is 0.481 e. The van der Waals surface area contributed by atoms with Crippen molar-refractivity contribution in [2.45, 2.75) is 38.5 Å². The van der Waals surface area contributed by atoms with E-state index in [1.165, 1.54) is 22.9 Å². The van der Waals surface area contributed by atoms with Crippen LogP contribution in [0.4, 0.5) is 20.2 Å². The number of aromatic nitrogens is 5. The van der Waals surface area contributed by atoms with Crippen LogP contribution in [0.3, 0.4) is 0 Å². The molecule has 3 aromatic heterocycles. The number of nitrogens with one attached hydrogen (secondary N) is 1. The molecule has 0 aliphatic carbocycles. The third-order valence-electron chi connectivity index (χ3n) is 7.14. The van der Waals surface area contributed by atoms with Crippen LogP contribution in [0.15, 0.2) is 49.1 Å². The lowest BCUT2D eigenvalue weighted by molar-refractivity contribution is -0.137. The van der Waals surface area contributed by atoms with Crippen molar-refractivity contribution in [3.63, 3.8) is 0 Å². The molecule has 1 amide bonds. The predicted molar refractivity (Wildman–Crippen MR) is 150 cm³/mol. The number of carbonyl (C=O) groups excluding carboxylic acids is 1. The molecule has 222 valence electrons. The minimum absolute atomic E-state index is 0.0652. The van der Waals surface area contributed by atoms with Crippen molar-refractivity contribution >= 4 is 40.5 Å². The van der Waals surface area contributed by atoms with E-state index >= 15 is 0 Å². The monoisotopic (exact) mass is 602 g/mol. The van der Waals surface area contributed by atoms with E-state index in [9.17, 15) is 18.4 Å². The summed E-state index contributed by atoms with van der Waals surface area (Å²) in [5, 5.41) is 21.3. The van der Waals surface area contributed by atoms with Gasteiger partial charge in [-0.3, -0.25) is 14.3 Å². The lowest BCUT2D eigenvalue weighted by Gasteiger charge is -2.36. The summed E-state index contributed by atoms with van der Waals surface area (Å²) in [4.78, 5) is 32.3. The lowest BCUT2D eigenvalue weighted by Crippen LogP contribution is -2.46. The van der Waals surface area contributed by atoms with Gasteiger partial charge in [0.1, 0.15) is 23.7 Å². The predicted octanol–water partition coefficient (Wildman–Crippen LogP) is 3.99. The molecule has 1 aliphatic heterocycles. The number of halogens is 3. The molecule has 4 heterocycles. The van der Waals surface area contributed by atoms with E-state index in [1.807, 2.05) is 11.9 Å². The first kappa shape index (κ1) is 29.2. The number of nitrogens with zero attached hydrogens (tertiary/aromatic N) is 7. The topological polar surface area (TPSA) is 130 Å². The zero-order valence-electron chi connectivity index (χ0n) is 22.7. The van der Waals surface area contributed by atoms with Crippen molar-refractivity contribution < 1.29 is 28.2 Å². The van der Waals surface area contributed by atoms with Gasteiger partial charge in [0, 0.05) is 54.9 Å². The van der Waals surface area contributed by atoms with Gasteiger partial charge >= 0.3 is 12.6 Å². The van der Waals surface area contributed by atoms with E-state index in [2.05, 4.69) is 20.5 Å². The summed E-state index contributed by atoms with van der Waals surface area (Å²) in [6, 6.07) is 6.17. The summed E-state index contributed by atoms with van der Waals surface area (Å²) in [5.41, 5.74) is 1.93. The van der Waals surface area contributed by atoms with Gasteiger partial charge in [0.25, 0.3) is 0 Å². The molecule has 0 atom stereocenters. The standard InChI is InChI=1S/C27H29ClF2N8O4/c1-35(10-7-24(40)41)18-5-11-36(12-6-18)23(39)16-37-15-21(33-20-14-32-38-9-2-8-31-26(20)38)25(34-37)19-13-17(28)3-4-22(19)42-27(29)30/h2-4,8-9,13-15,18,27,33H,5-7,10-12,16H2,1H3,(H,40,41). The number of carbonyl (C=O) groups is 2. The van der Waals surface area contributed by atoms with Gasteiger partial charge in [-0.05, 0) is 44.2 Å². The van der Waals surface area contributed by atoms with E-state index in [1.54, 1.807) is 40.3 Å². The minimum atomic E-state index is -3.07. The van der Waals surface area contributed by atoms with Gasteiger partial charge in [-0.1, -0.05) is 11.6 Å². The van der Waals surface area contributed by atoms with Gasteiger partial charge in [0.05, 0.1) is 18.3 Å². The summed E-state index contributed by atoms with van der Waals surface area (Å²) in [5.74, 6) is -1.12. The Hall–Kier alpha value is -4.30. The second kappa shape index (κ2) is 12.7. The average molecular weight is 603 g/mol. The highest BCUT2D eigenvalue weighted by Crippen LogP contribution is 2.38. The zero-order chi connectivity index (χ0) is 29.8. The Kier molecular flexibility index (Phi) is 8.83. The molecule has 1 aromatic carbocycles. The summed E-state index contributed by atoms with van der Waals surface area (Å²) >= 11 is 6.22. The number of ether oxygens (including phenoxy) is 1. The highest BCUT2D eigenvalue weighted by atomic mass is 35.5. The number of anilines is 2. The highest BCUT2D eigenvalue weighted by molar-refractivity contribution is 6.31. The third kappa shape index (κ3) is 6.77. The smallest absolute Gasteiger partial charge is 0.387 e. The normalized spacial score (nSPS) is 14.2. The molecule has 0 saturated carbocycles. The van der Waals surface area contributed by atoms with E-state index in [4.69, 9.17) is 21.4 Å². The Morgan fingerprint density at radius 2 is 2.05 bits per heavy atom. The van der Waals surface area contributed by atoms with Crippen LogP contribution in [0.5, 0.6) is 5.75 Å². The number of carboxylic acid groups (broad SMARTS) is 1. The fraction of sp³-hybridized carbons (Fsp3) is 0.370. The van der Waals surface area contributed by atoms with Crippen LogP contribution in [0.1, 0.15) is 19.3 Å². The number of likely N-dealkylation sites (tertiary alicyclic amines) is 1. The van der Waals surface area contributed by atoms with Gasteiger partial charge in [0.15, 0.2) is 5.65 Å². The van der Waals surface area contributed by atoms with Gasteiger partial charge < -0.3 is 25.0 Å². The summed E-state index contributed by atoms with van der Waals surface area (Å²) < 4.78 is 34.2. The summed E-state index contributed by atoms with van der Waals surface area (Å²) in [6.45, 7) is -1.67. The van der Waals surface area contributed by atoms with Crippen molar-refractivity contribution in [3.05, 3.63) is 54.1 Å². The number of piperidine rings is 1. The van der Waals surface area contributed by atoms with Crippen molar-refractivity contribution in [2.24, 2.45) is 0 Å². The Balaban J connectivity index is 1.38. The SMILES string of the molecule is CN(CCC(=O)O)C1CCN(C(=O)Cn2cc(Nc3cnn4cccnc34)c(-c3cc(Cl)ccc3OC(F)F)n2)CC1. The molecule has 2 N–H and O–H groups in total. The minimum Gasteiger partial charge on any atom is -0.481 e. The van der Waals surface area contributed by atoms with Gasteiger partial charge in [0.2, 0.25) is 5.91 Å². The number of benzene rings is 1. The average Bonchev–Trinajstić information content (AvgIpc) is 3.56. The molecule has 4 aromatic rings. The van der Waals surface area contributed by atoms with Crippen LogP contribution < -0.4 is 10.1 Å². The van der Waals surface area contributed by atoms with Crippen LogP contribution in [-0.4, -0.2) is 90.5 Å². The molecule has 0 unspecified atom stereocenters. The number of hydrogen-bond acceptors (Lipinski definition) is 8. The van der Waals surface area contributed by atoms with Crippen molar-refractivity contribution in [2.75, 3.05) is 32.0 Å². The number of hydrogen-bond donors (Lipinski definition) is 2. The van der Waals surface area contributed by atoms with Crippen LogP contribution in [-0.2, 0) is 16.1 Å². The van der Waals surface area contributed by atoms with E-state index in [-0.39, 0.29) is 46.9 Å². The number of fused-ring (bicyclic) bond motifs is 1. The first-order valence-electron chi connectivity index (χ1n) is 13.3. The maximum Gasteiger partial charge on any atom is 0.387 e. The molecule has 15 heteroatoms. The van der Waals surface area contributed by atoms with Crippen LogP contribution in [0.25, 0.3) is 16.9 Å². The lowest BCUT2D eigenvalue weighted by atomic mass is 10.0. The Labute approximate surface area is 244 Å². The summed E-state index contributed by atoms with van der Waals surface area (Å²) in [7, 11) is 1.90. The first-order valence-corrected chi connectivity index (χ1v) is 13.6. The van der Waals surface area contributed by atoms with E-state index in [0.29, 0.717) is 36.7 Å². The number of carboxylic acids is 1. The second-order valence-electron chi connectivity index (χ2n) is 9.92. The fourth-order valence-corrected chi connectivity index (χ4v) is 5.16. The molecule has 42 heavy (non-hydrogen) atoms. The first-order chi connectivity index (χ1) is 20.2. The number of aliphatic carboxylic acids is 1. The quantitative estimate of drug-likeness (QED) is 0.262. The number of rotatable bonds is 11. The molecule has 12 nitrogen and oxygen atoms in total. The maximum atomic E-state index is 13.3. The second-order valence-corrected chi connectivity index (χ2v) is 10.4. The van der Waals surface area contributed by atoms with Gasteiger partial charge in [-0.15, -0.1) is 0 Å². The van der Waals surface area contributed by atoms with Gasteiger partial charge in [-0.2, -0.15) is 19.0 Å². The van der Waals surface area contributed by atoms with Crippen molar-refractivity contribution in [1.29, 1.82) is 0 Å². The highest BCUT2D eigenvalue weighted by Gasteiger charge is 2.27. The zero-order valence-corrected chi connectivity index (χ0v) is 23.4. The molecule has 0 spiro atoms. The van der Waals surface area contributed by atoms with Crippen molar-refractivity contribution in [3.8, 4) is 17.0 Å². The Bertz CT molecular complexity index is 1570. The molecular weight excluding hydrogens is 574 g/mol. The summed E-state index contributed by atoms with van der Waals surface area (Å²) in [6.07, 6.45) is 8.03. The number of amides is 1. The van der Waals surface area contributed by atoms with E-state index < -0.39 is 12.6 Å². The van der Waals surface area contributed by atoms with Crippen LogP contribution in [0.2, 0.25) is 5.02 Å².